The number of carbonyl (C=O) groups excluding carboxylic acids is 1. The molecule has 0 saturated heterocycles. The fraction of sp³-hybridized carbons (Fsp3) is 0.409. The monoisotopic (exact) mass is 353 g/mol. The molecule has 4 nitrogen and oxygen atoms in total. The molecule has 0 spiro atoms. The summed E-state index contributed by atoms with van der Waals surface area (Å²) >= 11 is 0. The second kappa shape index (κ2) is 8.86. The van der Waals surface area contributed by atoms with E-state index in [0.29, 0.717) is 13.2 Å². The zero-order valence-corrected chi connectivity index (χ0v) is 15.6. The Morgan fingerprint density at radius 3 is 2.69 bits per heavy atom. The van der Waals surface area contributed by atoms with Gasteiger partial charge in [0.15, 0.2) is 0 Å². The van der Waals surface area contributed by atoms with Crippen LogP contribution in [0.3, 0.4) is 0 Å². The molecule has 0 saturated carbocycles. The van der Waals surface area contributed by atoms with Crippen LogP contribution in [0.2, 0.25) is 0 Å². The topological polar surface area (TPSA) is 38.8 Å². The minimum atomic E-state index is -0.135. The molecule has 2 aromatic rings. The Bertz CT molecular complexity index is 729. The number of methoxy groups -OCH3 is 1. The lowest BCUT2D eigenvalue weighted by atomic mass is 9.98. The Hall–Kier alpha value is -2.33. The Kier molecular flexibility index (Phi) is 6.29. The standard InChI is InChI=1S/C22H27NO3/c1-3-4-10-21(25-2)23-14-13-18-15-19(11-12-20(18)22(23)24)26-16-17-8-6-5-7-9-17/h5-9,11-12,15,21H,3-4,10,13-14,16H2,1-2H3. The van der Waals surface area contributed by atoms with Crippen LogP contribution in [0, 0.1) is 0 Å². The van der Waals surface area contributed by atoms with Crippen LogP contribution < -0.4 is 4.74 Å². The van der Waals surface area contributed by atoms with Crippen molar-refractivity contribution in [2.45, 2.75) is 45.4 Å². The molecule has 4 heteroatoms. The number of hydrogen-bond acceptors (Lipinski definition) is 3. The average molecular weight is 353 g/mol. The molecule has 138 valence electrons. The summed E-state index contributed by atoms with van der Waals surface area (Å²) in [5.74, 6) is 0.868. The fourth-order valence-electron chi connectivity index (χ4n) is 3.37. The van der Waals surface area contributed by atoms with Crippen LogP contribution in [0.1, 0.15) is 47.7 Å². The molecular formula is C22H27NO3. The Balaban J connectivity index is 1.68. The van der Waals surface area contributed by atoms with Crippen molar-refractivity contribution < 1.29 is 14.3 Å². The molecule has 1 aliphatic heterocycles. The van der Waals surface area contributed by atoms with Crippen molar-refractivity contribution in [3.8, 4) is 5.75 Å². The number of rotatable bonds is 8. The van der Waals surface area contributed by atoms with E-state index in [1.165, 1.54) is 0 Å². The molecule has 3 rings (SSSR count). The fourth-order valence-corrected chi connectivity index (χ4v) is 3.37. The molecule has 1 heterocycles. The van der Waals surface area contributed by atoms with E-state index in [1.807, 2.05) is 53.4 Å². The number of carbonyl (C=O) groups is 1. The van der Waals surface area contributed by atoms with Gasteiger partial charge in [0.05, 0.1) is 0 Å². The van der Waals surface area contributed by atoms with Crippen LogP contribution in [0.15, 0.2) is 48.5 Å². The van der Waals surface area contributed by atoms with Gasteiger partial charge in [-0.3, -0.25) is 4.79 Å². The van der Waals surface area contributed by atoms with Gasteiger partial charge in [0.1, 0.15) is 18.6 Å². The van der Waals surface area contributed by atoms with E-state index < -0.39 is 0 Å². The molecule has 0 aliphatic carbocycles. The van der Waals surface area contributed by atoms with Crippen LogP contribution in [0.5, 0.6) is 5.75 Å². The summed E-state index contributed by atoms with van der Waals surface area (Å²) in [5, 5.41) is 0. The molecule has 2 aromatic carbocycles. The zero-order valence-electron chi connectivity index (χ0n) is 15.6. The van der Waals surface area contributed by atoms with Gasteiger partial charge < -0.3 is 14.4 Å². The highest BCUT2D eigenvalue weighted by Gasteiger charge is 2.29. The molecule has 0 N–H and O–H groups in total. The Morgan fingerprint density at radius 1 is 1.15 bits per heavy atom. The SMILES string of the molecule is CCCCC(OC)N1CCc2cc(OCc3ccccc3)ccc2C1=O. The van der Waals surface area contributed by atoms with Crippen LogP contribution in [-0.4, -0.2) is 30.7 Å². The third-order valence-electron chi connectivity index (χ3n) is 4.86. The zero-order chi connectivity index (χ0) is 18.4. The second-order valence-corrected chi connectivity index (χ2v) is 6.67. The lowest BCUT2D eigenvalue weighted by Crippen LogP contribution is -2.45. The molecule has 26 heavy (non-hydrogen) atoms. The van der Waals surface area contributed by atoms with Crippen molar-refractivity contribution in [2.24, 2.45) is 0 Å². The number of nitrogens with zero attached hydrogens (tertiary/aromatic N) is 1. The number of unbranched alkanes of at least 4 members (excludes halogenated alkanes) is 1. The number of fused-ring (bicyclic) bond motifs is 1. The maximum atomic E-state index is 12.9. The predicted octanol–water partition coefficient (Wildman–Crippen LogP) is 4.43. The van der Waals surface area contributed by atoms with Gasteiger partial charge in [0.25, 0.3) is 5.91 Å². The van der Waals surface area contributed by atoms with Gasteiger partial charge in [-0.2, -0.15) is 0 Å². The molecule has 1 unspecified atom stereocenters. The quantitative estimate of drug-likeness (QED) is 0.705. The number of benzene rings is 2. The minimum Gasteiger partial charge on any atom is -0.489 e. The van der Waals surface area contributed by atoms with Crippen LogP contribution >= 0.6 is 0 Å². The maximum absolute atomic E-state index is 12.9. The molecule has 1 amide bonds. The van der Waals surface area contributed by atoms with E-state index >= 15 is 0 Å². The summed E-state index contributed by atoms with van der Waals surface area (Å²) in [4.78, 5) is 14.7. The third kappa shape index (κ3) is 4.25. The van der Waals surface area contributed by atoms with E-state index in [0.717, 1.165) is 48.1 Å². The molecule has 0 radical (unpaired) electrons. The van der Waals surface area contributed by atoms with E-state index in [2.05, 4.69) is 6.92 Å². The number of hydrogen-bond donors (Lipinski definition) is 0. The predicted molar refractivity (Wildman–Crippen MR) is 102 cm³/mol. The maximum Gasteiger partial charge on any atom is 0.256 e. The number of amides is 1. The van der Waals surface area contributed by atoms with Gasteiger partial charge in [-0.15, -0.1) is 0 Å². The molecular weight excluding hydrogens is 326 g/mol. The lowest BCUT2D eigenvalue weighted by Gasteiger charge is -2.34. The first-order valence-corrected chi connectivity index (χ1v) is 9.36. The second-order valence-electron chi connectivity index (χ2n) is 6.67. The third-order valence-corrected chi connectivity index (χ3v) is 4.86. The van der Waals surface area contributed by atoms with Crippen LogP contribution in [-0.2, 0) is 17.8 Å². The van der Waals surface area contributed by atoms with Gasteiger partial charge in [-0.1, -0.05) is 43.7 Å². The van der Waals surface area contributed by atoms with Crippen molar-refractivity contribution >= 4 is 5.91 Å². The van der Waals surface area contributed by atoms with Crippen molar-refractivity contribution in [3.63, 3.8) is 0 Å². The van der Waals surface area contributed by atoms with Gasteiger partial charge in [-0.05, 0) is 48.6 Å². The first-order valence-electron chi connectivity index (χ1n) is 9.36. The van der Waals surface area contributed by atoms with Crippen molar-refractivity contribution in [1.82, 2.24) is 4.90 Å². The van der Waals surface area contributed by atoms with E-state index in [4.69, 9.17) is 9.47 Å². The highest BCUT2D eigenvalue weighted by Crippen LogP contribution is 2.26. The summed E-state index contributed by atoms with van der Waals surface area (Å²) in [5.41, 5.74) is 2.95. The molecule has 1 atom stereocenters. The summed E-state index contributed by atoms with van der Waals surface area (Å²) in [7, 11) is 1.68. The molecule has 0 bridgehead atoms. The minimum absolute atomic E-state index is 0.0591. The summed E-state index contributed by atoms with van der Waals surface area (Å²) < 4.78 is 11.5. The van der Waals surface area contributed by atoms with Crippen molar-refractivity contribution in [1.29, 1.82) is 0 Å². The first kappa shape index (κ1) is 18.5. The van der Waals surface area contributed by atoms with Crippen molar-refractivity contribution in [2.75, 3.05) is 13.7 Å². The van der Waals surface area contributed by atoms with E-state index in [1.54, 1.807) is 7.11 Å². The number of ether oxygens (including phenoxy) is 2. The van der Waals surface area contributed by atoms with Gasteiger partial charge >= 0.3 is 0 Å². The summed E-state index contributed by atoms with van der Waals surface area (Å²) in [6.45, 7) is 3.37. The Morgan fingerprint density at radius 2 is 1.96 bits per heavy atom. The molecule has 0 aromatic heterocycles. The first-order chi connectivity index (χ1) is 12.7. The van der Waals surface area contributed by atoms with Gasteiger partial charge in [0.2, 0.25) is 0 Å². The van der Waals surface area contributed by atoms with Gasteiger partial charge in [0, 0.05) is 19.2 Å². The molecule has 1 aliphatic rings. The normalized spacial score (nSPS) is 14.8. The smallest absolute Gasteiger partial charge is 0.256 e. The van der Waals surface area contributed by atoms with Crippen LogP contribution in [0.25, 0.3) is 0 Å². The molecule has 0 fully saturated rings. The summed E-state index contributed by atoms with van der Waals surface area (Å²) in [6, 6.07) is 15.9. The lowest BCUT2D eigenvalue weighted by molar-refractivity contribution is -0.0275. The van der Waals surface area contributed by atoms with Crippen LogP contribution in [0.4, 0.5) is 0 Å². The largest absolute Gasteiger partial charge is 0.489 e. The van der Waals surface area contributed by atoms with E-state index in [-0.39, 0.29) is 12.1 Å². The highest BCUT2D eigenvalue weighted by molar-refractivity contribution is 5.97. The Labute approximate surface area is 155 Å². The van der Waals surface area contributed by atoms with Gasteiger partial charge in [-0.25, -0.2) is 0 Å². The highest BCUT2D eigenvalue weighted by atomic mass is 16.5. The van der Waals surface area contributed by atoms with E-state index in [9.17, 15) is 4.79 Å². The van der Waals surface area contributed by atoms with Crippen molar-refractivity contribution in [3.05, 3.63) is 65.2 Å². The average Bonchev–Trinajstić information content (AvgIpc) is 2.69. The summed E-state index contributed by atoms with van der Waals surface area (Å²) in [6.07, 6.45) is 3.73.